The van der Waals surface area contributed by atoms with Crippen molar-refractivity contribution in [1.82, 2.24) is 9.80 Å². The van der Waals surface area contributed by atoms with E-state index in [1.165, 1.54) is 5.56 Å². The highest BCUT2D eigenvalue weighted by molar-refractivity contribution is 6.46. The fourth-order valence-electron chi connectivity index (χ4n) is 4.00. The van der Waals surface area contributed by atoms with Gasteiger partial charge in [-0.3, -0.25) is 9.59 Å². The molecule has 1 N–H and O–H groups in total. The van der Waals surface area contributed by atoms with Gasteiger partial charge < -0.3 is 19.6 Å². The maximum absolute atomic E-state index is 13.1. The van der Waals surface area contributed by atoms with Crippen molar-refractivity contribution >= 4 is 17.4 Å². The molecule has 1 fully saturated rings. The molecule has 2 aromatic rings. The van der Waals surface area contributed by atoms with E-state index in [0.717, 1.165) is 11.1 Å². The van der Waals surface area contributed by atoms with Crippen LogP contribution in [-0.2, 0) is 9.59 Å². The number of likely N-dealkylation sites (tertiary alicyclic amines) is 1. The molecule has 0 aromatic heterocycles. The van der Waals surface area contributed by atoms with Crippen LogP contribution in [0.15, 0.2) is 48.0 Å². The minimum atomic E-state index is -0.658. The highest BCUT2D eigenvalue weighted by Crippen LogP contribution is 2.40. The second-order valence-corrected chi connectivity index (χ2v) is 8.80. The second kappa shape index (κ2) is 9.57. The van der Waals surface area contributed by atoms with Crippen LogP contribution >= 0.6 is 0 Å². The zero-order valence-corrected chi connectivity index (χ0v) is 19.7. The van der Waals surface area contributed by atoms with E-state index < -0.39 is 17.7 Å². The molecule has 3 rings (SSSR count). The first-order chi connectivity index (χ1) is 15.1. The quantitative estimate of drug-likeness (QED) is 0.402. The average Bonchev–Trinajstić information content (AvgIpc) is 3.01. The van der Waals surface area contributed by atoms with Gasteiger partial charge in [-0.15, -0.1) is 0 Å². The van der Waals surface area contributed by atoms with Crippen LogP contribution in [0.2, 0.25) is 0 Å². The van der Waals surface area contributed by atoms with E-state index in [1.807, 2.05) is 50.2 Å². The molecule has 6 nitrogen and oxygen atoms in total. The lowest BCUT2D eigenvalue weighted by Crippen LogP contribution is -2.35. The summed E-state index contributed by atoms with van der Waals surface area (Å²) in [6, 6.07) is 12.5. The Labute approximate surface area is 190 Å². The summed E-state index contributed by atoms with van der Waals surface area (Å²) in [5.74, 6) is -0.377. The fraction of sp³-hybridized carbons (Fsp3) is 0.385. The number of carbonyl (C=O) groups is 2. The molecule has 0 bridgehead atoms. The van der Waals surface area contributed by atoms with Crippen LogP contribution in [0.25, 0.3) is 5.76 Å². The van der Waals surface area contributed by atoms with Gasteiger partial charge in [-0.1, -0.05) is 38.1 Å². The maximum atomic E-state index is 13.1. The van der Waals surface area contributed by atoms with Gasteiger partial charge in [-0.2, -0.15) is 0 Å². The Bertz CT molecular complexity index is 1040. The number of Topliss-reactive ketones (excluding diaryl/α,β-unsaturated/α-hetero) is 1. The number of rotatable bonds is 7. The Morgan fingerprint density at radius 3 is 2.31 bits per heavy atom. The van der Waals surface area contributed by atoms with E-state index in [0.29, 0.717) is 30.3 Å². The van der Waals surface area contributed by atoms with Gasteiger partial charge in [0, 0.05) is 18.7 Å². The molecule has 1 heterocycles. The number of nitrogens with zero attached hydrogens (tertiary/aromatic N) is 2. The number of hydrogen-bond acceptors (Lipinski definition) is 5. The summed E-state index contributed by atoms with van der Waals surface area (Å²) in [5, 5.41) is 11.3. The zero-order valence-electron chi connectivity index (χ0n) is 19.7. The predicted molar refractivity (Wildman–Crippen MR) is 126 cm³/mol. The van der Waals surface area contributed by atoms with Crippen LogP contribution in [0.4, 0.5) is 0 Å². The molecule has 0 aliphatic carbocycles. The minimum Gasteiger partial charge on any atom is -0.507 e. The number of methoxy groups -OCH3 is 1. The third-order valence-corrected chi connectivity index (χ3v) is 5.94. The molecule has 1 aliphatic heterocycles. The number of aryl methyl sites for hydroxylation is 1. The van der Waals surface area contributed by atoms with Crippen molar-refractivity contribution in [1.29, 1.82) is 0 Å². The molecule has 1 saturated heterocycles. The number of aliphatic hydroxyl groups excluding tert-OH is 1. The van der Waals surface area contributed by atoms with E-state index in [9.17, 15) is 14.7 Å². The molecule has 32 heavy (non-hydrogen) atoms. The van der Waals surface area contributed by atoms with Gasteiger partial charge in [-0.25, -0.2) is 0 Å². The molecule has 2 aromatic carbocycles. The Morgan fingerprint density at radius 2 is 1.78 bits per heavy atom. The van der Waals surface area contributed by atoms with Crippen LogP contribution in [0.3, 0.4) is 0 Å². The molecule has 0 saturated carbocycles. The summed E-state index contributed by atoms with van der Waals surface area (Å²) in [6.07, 6.45) is 0. The number of ether oxygens (including phenoxy) is 1. The number of likely N-dealkylation sites (N-methyl/N-ethyl adjacent to an activating group) is 1. The fourth-order valence-corrected chi connectivity index (χ4v) is 4.00. The van der Waals surface area contributed by atoms with Crippen LogP contribution in [0.1, 0.15) is 48.1 Å². The Balaban J connectivity index is 2.15. The van der Waals surface area contributed by atoms with Crippen molar-refractivity contribution in [2.45, 2.75) is 32.7 Å². The monoisotopic (exact) mass is 436 g/mol. The SMILES string of the molecule is COc1ccc(/C(O)=C2/C(=O)C(=O)N(CCN(C)C)C2c2ccc(C(C)C)cc2)c(C)c1. The standard InChI is InChI=1S/C26H32N2O4/c1-16(2)18-7-9-19(10-8-18)23-22(25(30)26(31)28(23)14-13-27(4)5)24(29)21-12-11-20(32-6)15-17(21)3/h7-12,15-16,23,29H,13-14H2,1-6H3/b24-22-. The first-order valence-electron chi connectivity index (χ1n) is 10.8. The van der Waals surface area contributed by atoms with Crippen LogP contribution in [0.5, 0.6) is 5.75 Å². The summed E-state index contributed by atoms with van der Waals surface area (Å²) in [6.45, 7) is 7.06. The van der Waals surface area contributed by atoms with Crippen LogP contribution < -0.4 is 4.74 Å². The normalized spacial score (nSPS) is 18.1. The second-order valence-electron chi connectivity index (χ2n) is 8.80. The molecule has 1 atom stereocenters. The summed E-state index contributed by atoms with van der Waals surface area (Å²) in [7, 11) is 5.42. The van der Waals surface area contributed by atoms with Crippen LogP contribution in [0, 0.1) is 6.92 Å². The summed E-state index contributed by atoms with van der Waals surface area (Å²) in [5.41, 5.74) is 3.37. The van der Waals surface area contributed by atoms with Crippen molar-refractivity contribution in [2.24, 2.45) is 0 Å². The van der Waals surface area contributed by atoms with Gasteiger partial charge in [0.1, 0.15) is 11.5 Å². The number of carbonyl (C=O) groups excluding carboxylic acids is 2. The highest BCUT2D eigenvalue weighted by Gasteiger charge is 2.46. The number of benzene rings is 2. The van der Waals surface area contributed by atoms with Crippen molar-refractivity contribution in [3.8, 4) is 5.75 Å². The first kappa shape index (κ1) is 23.5. The molecule has 0 radical (unpaired) electrons. The zero-order chi connectivity index (χ0) is 23.6. The minimum absolute atomic E-state index is 0.124. The first-order valence-corrected chi connectivity index (χ1v) is 10.8. The van der Waals surface area contributed by atoms with E-state index in [1.54, 1.807) is 30.2 Å². The third-order valence-electron chi connectivity index (χ3n) is 5.94. The van der Waals surface area contributed by atoms with E-state index in [4.69, 9.17) is 4.74 Å². The Hall–Kier alpha value is -3.12. The number of aliphatic hydroxyl groups is 1. The van der Waals surface area contributed by atoms with Crippen molar-refractivity contribution < 1.29 is 19.4 Å². The Kier molecular flexibility index (Phi) is 7.04. The number of hydrogen-bond donors (Lipinski definition) is 1. The van der Waals surface area contributed by atoms with E-state index >= 15 is 0 Å². The van der Waals surface area contributed by atoms with Gasteiger partial charge in [-0.05, 0) is 61.8 Å². The molecular formula is C26H32N2O4. The summed E-state index contributed by atoms with van der Waals surface area (Å²) >= 11 is 0. The number of ketones is 1. The summed E-state index contributed by atoms with van der Waals surface area (Å²) < 4.78 is 5.25. The molecule has 170 valence electrons. The van der Waals surface area contributed by atoms with Gasteiger partial charge in [0.05, 0.1) is 18.7 Å². The van der Waals surface area contributed by atoms with Gasteiger partial charge >= 0.3 is 0 Å². The van der Waals surface area contributed by atoms with Crippen molar-refractivity contribution in [3.05, 3.63) is 70.3 Å². The smallest absolute Gasteiger partial charge is 0.295 e. The highest BCUT2D eigenvalue weighted by atomic mass is 16.5. The van der Waals surface area contributed by atoms with Crippen molar-refractivity contribution in [3.63, 3.8) is 0 Å². The lowest BCUT2D eigenvalue weighted by atomic mass is 9.92. The predicted octanol–water partition coefficient (Wildman–Crippen LogP) is 4.11. The Morgan fingerprint density at radius 1 is 1.12 bits per heavy atom. The molecule has 6 heteroatoms. The van der Waals surface area contributed by atoms with Gasteiger partial charge in [0.2, 0.25) is 0 Å². The van der Waals surface area contributed by atoms with E-state index in [2.05, 4.69) is 13.8 Å². The summed E-state index contributed by atoms with van der Waals surface area (Å²) in [4.78, 5) is 29.7. The third kappa shape index (κ3) is 4.55. The molecular weight excluding hydrogens is 404 g/mol. The van der Waals surface area contributed by atoms with Crippen LogP contribution in [-0.4, -0.2) is 60.9 Å². The number of amides is 1. The van der Waals surface area contributed by atoms with E-state index in [-0.39, 0.29) is 11.3 Å². The average molecular weight is 437 g/mol. The van der Waals surface area contributed by atoms with Gasteiger partial charge in [0.15, 0.2) is 0 Å². The topological polar surface area (TPSA) is 70.1 Å². The molecule has 1 unspecified atom stereocenters. The lowest BCUT2D eigenvalue weighted by Gasteiger charge is -2.27. The molecule has 1 aliphatic rings. The molecule has 1 amide bonds. The lowest BCUT2D eigenvalue weighted by molar-refractivity contribution is -0.140. The van der Waals surface area contributed by atoms with Crippen molar-refractivity contribution in [2.75, 3.05) is 34.3 Å². The van der Waals surface area contributed by atoms with Gasteiger partial charge in [0.25, 0.3) is 11.7 Å². The largest absolute Gasteiger partial charge is 0.507 e. The molecule has 0 spiro atoms. The maximum Gasteiger partial charge on any atom is 0.295 e.